The maximum absolute atomic E-state index is 11.7. The Hall–Kier alpha value is -1.32. The highest BCUT2D eigenvalue weighted by Crippen LogP contribution is 2.24. The van der Waals surface area contributed by atoms with E-state index in [1.807, 2.05) is 13.8 Å². The third-order valence-electron chi connectivity index (χ3n) is 2.75. The van der Waals surface area contributed by atoms with Crippen molar-refractivity contribution < 1.29 is 9.59 Å². The third-order valence-corrected chi connectivity index (χ3v) is 2.75. The van der Waals surface area contributed by atoms with Gasteiger partial charge in [-0.05, 0) is 32.8 Å². The number of nitrogens with zero attached hydrogens (tertiary/aromatic N) is 1. The Morgan fingerprint density at radius 2 is 2.20 bits per heavy atom. The molecular weight excluding hydrogens is 192 g/mol. The fourth-order valence-electron chi connectivity index (χ4n) is 2.01. The van der Waals surface area contributed by atoms with Crippen LogP contribution in [0.2, 0.25) is 0 Å². The monoisotopic (exact) mass is 210 g/mol. The predicted octanol–water partition coefficient (Wildman–Crippen LogP) is 0.688. The van der Waals surface area contributed by atoms with Crippen LogP contribution in [0.4, 0.5) is 0 Å². The van der Waals surface area contributed by atoms with E-state index in [4.69, 9.17) is 0 Å². The molecule has 1 rings (SSSR count). The van der Waals surface area contributed by atoms with Gasteiger partial charge in [-0.3, -0.25) is 9.59 Å². The number of amides is 2. The molecule has 0 aromatic heterocycles. The van der Waals surface area contributed by atoms with Gasteiger partial charge in [-0.2, -0.15) is 0 Å². The summed E-state index contributed by atoms with van der Waals surface area (Å²) in [5.41, 5.74) is 0. The van der Waals surface area contributed by atoms with Crippen LogP contribution in [0.15, 0.2) is 12.7 Å². The zero-order valence-electron chi connectivity index (χ0n) is 9.32. The van der Waals surface area contributed by atoms with Crippen molar-refractivity contribution in [1.29, 1.82) is 0 Å². The fraction of sp³-hybridized carbons (Fsp3) is 0.636. The van der Waals surface area contributed by atoms with Crippen molar-refractivity contribution in [2.75, 3.05) is 6.54 Å². The van der Waals surface area contributed by atoms with Crippen LogP contribution in [0, 0.1) is 0 Å². The molecule has 0 aromatic carbocycles. The summed E-state index contributed by atoms with van der Waals surface area (Å²) in [7, 11) is 0. The molecule has 0 aliphatic carbocycles. The minimum absolute atomic E-state index is 0.0583. The molecule has 0 radical (unpaired) electrons. The molecule has 0 spiro atoms. The Morgan fingerprint density at radius 3 is 2.73 bits per heavy atom. The van der Waals surface area contributed by atoms with E-state index >= 15 is 0 Å². The first-order valence-electron chi connectivity index (χ1n) is 5.34. The molecule has 1 aliphatic rings. The Bertz CT molecular complexity index is 276. The molecule has 0 saturated carbocycles. The first-order valence-corrected chi connectivity index (χ1v) is 5.34. The van der Waals surface area contributed by atoms with Gasteiger partial charge in [0.25, 0.3) is 0 Å². The number of rotatable bonds is 3. The zero-order chi connectivity index (χ0) is 11.4. The van der Waals surface area contributed by atoms with Gasteiger partial charge in [-0.25, -0.2) is 0 Å². The average molecular weight is 210 g/mol. The lowest BCUT2D eigenvalue weighted by molar-refractivity contribution is -0.136. The Morgan fingerprint density at radius 1 is 1.53 bits per heavy atom. The van der Waals surface area contributed by atoms with Gasteiger partial charge in [0, 0.05) is 12.6 Å². The van der Waals surface area contributed by atoms with Crippen LogP contribution in [0.3, 0.4) is 0 Å². The minimum atomic E-state index is -0.314. The van der Waals surface area contributed by atoms with E-state index in [-0.39, 0.29) is 23.9 Å². The molecule has 84 valence electrons. The van der Waals surface area contributed by atoms with E-state index in [0.717, 1.165) is 12.8 Å². The molecule has 1 N–H and O–H groups in total. The normalized spacial score (nSPS) is 25.1. The molecule has 4 nitrogen and oxygen atoms in total. The van der Waals surface area contributed by atoms with Crippen LogP contribution in [0.5, 0.6) is 0 Å². The van der Waals surface area contributed by atoms with Crippen LogP contribution >= 0.6 is 0 Å². The summed E-state index contributed by atoms with van der Waals surface area (Å²) in [6, 6.07) is -0.187. The van der Waals surface area contributed by atoms with Gasteiger partial charge in [-0.1, -0.05) is 6.58 Å². The van der Waals surface area contributed by atoms with Crippen molar-refractivity contribution in [3.8, 4) is 0 Å². The summed E-state index contributed by atoms with van der Waals surface area (Å²) >= 11 is 0. The lowest BCUT2D eigenvalue weighted by Crippen LogP contribution is -2.47. The van der Waals surface area contributed by atoms with Crippen molar-refractivity contribution in [3.05, 3.63) is 12.7 Å². The van der Waals surface area contributed by atoms with E-state index in [1.54, 1.807) is 4.90 Å². The van der Waals surface area contributed by atoms with Gasteiger partial charge >= 0.3 is 0 Å². The SMILES string of the molecule is C=CC(=O)N1C(C)CCC1C(=O)NCC. The Balaban J connectivity index is 2.75. The van der Waals surface area contributed by atoms with Crippen molar-refractivity contribution >= 4 is 11.8 Å². The summed E-state index contributed by atoms with van der Waals surface area (Å²) in [6.45, 7) is 7.88. The van der Waals surface area contributed by atoms with Crippen LogP contribution in [-0.4, -0.2) is 35.3 Å². The van der Waals surface area contributed by atoms with E-state index < -0.39 is 0 Å². The summed E-state index contributed by atoms with van der Waals surface area (Å²) < 4.78 is 0. The largest absolute Gasteiger partial charge is 0.355 e. The first kappa shape index (κ1) is 11.8. The quantitative estimate of drug-likeness (QED) is 0.697. The number of nitrogens with one attached hydrogen (secondary N) is 1. The molecule has 15 heavy (non-hydrogen) atoms. The fourth-order valence-corrected chi connectivity index (χ4v) is 2.01. The summed E-state index contributed by atoms with van der Waals surface area (Å²) in [4.78, 5) is 24.9. The van der Waals surface area contributed by atoms with Crippen LogP contribution in [0.25, 0.3) is 0 Å². The smallest absolute Gasteiger partial charge is 0.246 e. The highest BCUT2D eigenvalue weighted by molar-refractivity contribution is 5.93. The van der Waals surface area contributed by atoms with Gasteiger partial charge in [0.05, 0.1) is 0 Å². The molecule has 0 bridgehead atoms. The number of hydrogen-bond acceptors (Lipinski definition) is 2. The second-order valence-electron chi connectivity index (χ2n) is 3.79. The van der Waals surface area contributed by atoms with Crippen molar-refractivity contribution in [1.82, 2.24) is 10.2 Å². The lowest BCUT2D eigenvalue weighted by Gasteiger charge is -2.26. The second kappa shape index (κ2) is 4.96. The Labute approximate surface area is 90.3 Å². The van der Waals surface area contributed by atoms with Crippen molar-refractivity contribution in [2.24, 2.45) is 0 Å². The molecule has 1 aliphatic heterocycles. The van der Waals surface area contributed by atoms with Gasteiger partial charge < -0.3 is 10.2 Å². The molecular formula is C11H18N2O2. The predicted molar refractivity (Wildman–Crippen MR) is 58.2 cm³/mol. The topological polar surface area (TPSA) is 49.4 Å². The number of carbonyl (C=O) groups is 2. The maximum Gasteiger partial charge on any atom is 0.246 e. The van der Waals surface area contributed by atoms with Gasteiger partial charge in [0.1, 0.15) is 6.04 Å². The second-order valence-corrected chi connectivity index (χ2v) is 3.79. The standard InChI is InChI=1S/C11H18N2O2/c1-4-10(14)13-8(3)6-7-9(13)11(15)12-5-2/h4,8-9H,1,5-7H2,2-3H3,(H,12,15). The van der Waals surface area contributed by atoms with E-state index in [9.17, 15) is 9.59 Å². The Kier molecular flexibility index (Phi) is 3.88. The molecule has 2 unspecified atom stereocenters. The van der Waals surface area contributed by atoms with Gasteiger partial charge in [0.15, 0.2) is 0 Å². The molecule has 1 saturated heterocycles. The molecule has 0 aromatic rings. The molecule has 4 heteroatoms. The number of carbonyl (C=O) groups excluding carboxylic acids is 2. The molecule has 2 amide bonds. The van der Waals surface area contributed by atoms with E-state index in [2.05, 4.69) is 11.9 Å². The zero-order valence-corrected chi connectivity index (χ0v) is 9.32. The van der Waals surface area contributed by atoms with E-state index in [0.29, 0.717) is 6.54 Å². The molecule has 1 fully saturated rings. The third kappa shape index (κ3) is 2.37. The minimum Gasteiger partial charge on any atom is -0.355 e. The van der Waals surface area contributed by atoms with E-state index in [1.165, 1.54) is 6.08 Å². The highest BCUT2D eigenvalue weighted by Gasteiger charge is 2.37. The summed E-state index contributed by atoms with van der Waals surface area (Å²) in [5.74, 6) is -0.215. The van der Waals surface area contributed by atoms with Gasteiger partial charge in [-0.15, -0.1) is 0 Å². The van der Waals surface area contributed by atoms with Crippen molar-refractivity contribution in [3.63, 3.8) is 0 Å². The summed E-state index contributed by atoms with van der Waals surface area (Å²) in [5, 5.41) is 2.75. The van der Waals surface area contributed by atoms with Crippen LogP contribution in [-0.2, 0) is 9.59 Å². The van der Waals surface area contributed by atoms with Crippen molar-refractivity contribution in [2.45, 2.75) is 38.8 Å². The van der Waals surface area contributed by atoms with Crippen LogP contribution in [0.1, 0.15) is 26.7 Å². The average Bonchev–Trinajstić information content (AvgIpc) is 2.59. The highest BCUT2D eigenvalue weighted by atomic mass is 16.2. The summed E-state index contributed by atoms with van der Waals surface area (Å²) in [6.07, 6.45) is 2.89. The maximum atomic E-state index is 11.7. The molecule has 2 atom stereocenters. The van der Waals surface area contributed by atoms with Crippen LogP contribution < -0.4 is 5.32 Å². The number of likely N-dealkylation sites (N-methyl/N-ethyl adjacent to an activating group) is 1. The molecule has 1 heterocycles. The lowest BCUT2D eigenvalue weighted by atomic mass is 10.2. The van der Waals surface area contributed by atoms with Gasteiger partial charge in [0.2, 0.25) is 11.8 Å². The first-order chi connectivity index (χ1) is 7.11. The number of hydrogen-bond donors (Lipinski definition) is 1. The number of likely N-dealkylation sites (tertiary alicyclic amines) is 1.